The highest BCUT2D eigenvalue weighted by Gasteiger charge is 2.12. The molecule has 0 aliphatic carbocycles. The predicted octanol–water partition coefficient (Wildman–Crippen LogP) is 4.40. The standard InChI is InChI=1S/C20H20N4O/c1-13-8-7-11-17(15(13)3)23-19(25)18-12-14(2)21-20(24-18)22-16-9-5-4-6-10-16/h4-12H,1-3H3,(H,23,25)(H,21,22,24). The van der Waals surface area contributed by atoms with Crippen LogP contribution < -0.4 is 10.6 Å². The molecule has 25 heavy (non-hydrogen) atoms. The van der Waals surface area contributed by atoms with Crippen LogP contribution in [0.25, 0.3) is 0 Å². The number of para-hydroxylation sites is 1. The number of aromatic nitrogens is 2. The van der Waals surface area contributed by atoms with Gasteiger partial charge in [-0.05, 0) is 56.2 Å². The second-order valence-corrected chi connectivity index (χ2v) is 5.91. The average Bonchev–Trinajstić information content (AvgIpc) is 2.59. The van der Waals surface area contributed by atoms with Gasteiger partial charge in [-0.2, -0.15) is 0 Å². The Kier molecular flexibility index (Phi) is 4.75. The molecule has 0 aliphatic rings. The molecule has 0 spiro atoms. The molecule has 0 fully saturated rings. The van der Waals surface area contributed by atoms with Crippen molar-refractivity contribution in [3.8, 4) is 0 Å². The van der Waals surface area contributed by atoms with Crippen LogP contribution in [0.4, 0.5) is 17.3 Å². The lowest BCUT2D eigenvalue weighted by atomic mass is 10.1. The summed E-state index contributed by atoms with van der Waals surface area (Å²) in [4.78, 5) is 21.3. The van der Waals surface area contributed by atoms with Gasteiger partial charge in [-0.1, -0.05) is 30.3 Å². The van der Waals surface area contributed by atoms with Gasteiger partial charge >= 0.3 is 0 Å². The minimum atomic E-state index is -0.254. The number of amides is 1. The van der Waals surface area contributed by atoms with Gasteiger partial charge in [-0.25, -0.2) is 9.97 Å². The molecule has 2 aromatic carbocycles. The first-order valence-corrected chi connectivity index (χ1v) is 8.08. The first kappa shape index (κ1) is 16.6. The molecule has 1 aromatic heterocycles. The van der Waals surface area contributed by atoms with Crippen LogP contribution >= 0.6 is 0 Å². The van der Waals surface area contributed by atoms with Crippen molar-refractivity contribution in [3.05, 3.63) is 77.1 Å². The third kappa shape index (κ3) is 4.01. The normalized spacial score (nSPS) is 10.4. The summed E-state index contributed by atoms with van der Waals surface area (Å²) in [6, 6.07) is 17.1. The van der Waals surface area contributed by atoms with Gasteiger partial charge < -0.3 is 10.6 Å². The van der Waals surface area contributed by atoms with Crippen LogP contribution in [-0.4, -0.2) is 15.9 Å². The molecule has 3 aromatic rings. The van der Waals surface area contributed by atoms with Crippen molar-refractivity contribution in [1.29, 1.82) is 0 Å². The van der Waals surface area contributed by atoms with E-state index in [-0.39, 0.29) is 5.91 Å². The fraction of sp³-hybridized carbons (Fsp3) is 0.150. The Morgan fingerprint density at radius 3 is 2.44 bits per heavy atom. The Morgan fingerprint density at radius 2 is 1.68 bits per heavy atom. The molecule has 0 unspecified atom stereocenters. The minimum absolute atomic E-state index is 0.254. The van der Waals surface area contributed by atoms with Gasteiger partial charge in [0.25, 0.3) is 5.91 Å². The number of anilines is 3. The third-order valence-electron chi connectivity index (χ3n) is 3.97. The number of carbonyl (C=O) groups is 1. The molecule has 5 nitrogen and oxygen atoms in total. The number of carbonyl (C=O) groups excluding carboxylic acids is 1. The number of hydrogen-bond donors (Lipinski definition) is 2. The summed E-state index contributed by atoms with van der Waals surface area (Å²) >= 11 is 0. The fourth-order valence-electron chi connectivity index (χ4n) is 2.46. The van der Waals surface area contributed by atoms with Crippen molar-refractivity contribution in [2.24, 2.45) is 0 Å². The molecule has 1 amide bonds. The second kappa shape index (κ2) is 7.13. The van der Waals surface area contributed by atoms with Gasteiger partial charge in [-0.15, -0.1) is 0 Å². The molecule has 0 saturated heterocycles. The van der Waals surface area contributed by atoms with Gasteiger partial charge in [-0.3, -0.25) is 4.79 Å². The zero-order valence-corrected chi connectivity index (χ0v) is 14.5. The highest BCUT2D eigenvalue weighted by molar-refractivity contribution is 6.03. The molecule has 1 heterocycles. The molecule has 0 aliphatic heterocycles. The number of nitrogens with one attached hydrogen (secondary N) is 2. The summed E-state index contributed by atoms with van der Waals surface area (Å²) in [5.41, 5.74) is 4.88. The summed E-state index contributed by atoms with van der Waals surface area (Å²) in [6.07, 6.45) is 0. The number of benzene rings is 2. The molecule has 126 valence electrons. The van der Waals surface area contributed by atoms with Crippen LogP contribution in [0.5, 0.6) is 0 Å². The van der Waals surface area contributed by atoms with Crippen molar-refractivity contribution in [2.75, 3.05) is 10.6 Å². The van der Waals surface area contributed by atoms with Crippen molar-refractivity contribution >= 4 is 23.2 Å². The van der Waals surface area contributed by atoms with E-state index in [4.69, 9.17) is 0 Å². The molecular weight excluding hydrogens is 312 g/mol. The predicted molar refractivity (Wildman–Crippen MR) is 100 cm³/mol. The SMILES string of the molecule is Cc1cc(C(=O)Nc2cccc(C)c2C)nc(Nc2ccccc2)n1. The van der Waals surface area contributed by atoms with E-state index in [1.54, 1.807) is 6.07 Å². The van der Waals surface area contributed by atoms with Crippen molar-refractivity contribution < 1.29 is 4.79 Å². The van der Waals surface area contributed by atoms with Gasteiger partial charge in [0.15, 0.2) is 0 Å². The Labute approximate surface area is 147 Å². The zero-order chi connectivity index (χ0) is 17.8. The number of rotatable bonds is 4. The van der Waals surface area contributed by atoms with E-state index in [1.807, 2.05) is 69.3 Å². The van der Waals surface area contributed by atoms with Crippen molar-refractivity contribution in [3.63, 3.8) is 0 Å². The van der Waals surface area contributed by atoms with Crippen molar-refractivity contribution in [2.45, 2.75) is 20.8 Å². The molecule has 0 bridgehead atoms. The monoisotopic (exact) mass is 332 g/mol. The first-order valence-electron chi connectivity index (χ1n) is 8.08. The largest absolute Gasteiger partial charge is 0.324 e. The maximum absolute atomic E-state index is 12.6. The Hall–Kier alpha value is -3.21. The van der Waals surface area contributed by atoms with E-state index in [0.717, 1.165) is 28.2 Å². The van der Waals surface area contributed by atoms with Crippen LogP contribution in [-0.2, 0) is 0 Å². The summed E-state index contributed by atoms with van der Waals surface area (Å²) in [6.45, 7) is 5.84. The molecule has 0 atom stereocenters. The number of hydrogen-bond acceptors (Lipinski definition) is 4. The molecule has 3 rings (SSSR count). The van der Waals surface area contributed by atoms with Crippen LogP contribution in [0.3, 0.4) is 0 Å². The number of aryl methyl sites for hydroxylation is 2. The van der Waals surface area contributed by atoms with Gasteiger partial charge in [0.2, 0.25) is 5.95 Å². The highest BCUT2D eigenvalue weighted by Crippen LogP contribution is 2.19. The van der Waals surface area contributed by atoms with Crippen LogP contribution in [0.1, 0.15) is 27.3 Å². The van der Waals surface area contributed by atoms with Crippen LogP contribution in [0.15, 0.2) is 54.6 Å². The fourth-order valence-corrected chi connectivity index (χ4v) is 2.46. The van der Waals surface area contributed by atoms with E-state index in [0.29, 0.717) is 11.6 Å². The quantitative estimate of drug-likeness (QED) is 0.743. The van der Waals surface area contributed by atoms with E-state index < -0.39 is 0 Å². The highest BCUT2D eigenvalue weighted by atomic mass is 16.1. The van der Waals surface area contributed by atoms with Gasteiger partial charge in [0.1, 0.15) is 5.69 Å². The van der Waals surface area contributed by atoms with E-state index in [1.165, 1.54) is 0 Å². The average molecular weight is 332 g/mol. The number of nitrogens with zero attached hydrogens (tertiary/aromatic N) is 2. The first-order chi connectivity index (χ1) is 12.0. The van der Waals surface area contributed by atoms with E-state index in [2.05, 4.69) is 20.6 Å². The van der Waals surface area contributed by atoms with Crippen LogP contribution in [0.2, 0.25) is 0 Å². The van der Waals surface area contributed by atoms with Crippen LogP contribution in [0, 0.1) is 20.8 Å². The maximum Gasteiger partial charge on any atom is 0.274 e. The molecule has 5 heteroatoms. The second-order valence-electron chi connectivity index (χ2n) is 5.91. The molecule has 2 N–H and O–H groups in total. The summed E-state index contributed by atoms with van der Waals surface area (Å²) in [5.74, 6) is 0.146. The van der Waals surface area contributed by atoms with E-state index >= 15 is 0 Å². The molecular formula is C20H20N4O. The van der Waals surface area contributed by atoms with Gasteiger partial charge in [0, 0.05) is 17.1 Å². The Balaban J connectivity index is 1.84. The van der Waals surface area contributed by atoms with E-state index in [9.17, 15) is 4.79 Å². The third-order valence-corrected chi connectivity index (χ3v) is 3.97. The topological polar surface area (TPSA) is 66.9 Å². The molecule has 0 radical (unpaired) electrons. The van der Waals surface area contributed by atoms with Crippen molar-refractivity contribution in [1.82, 2.24) is 9.97 Å². The Morgan fingerprint density at radius 1 is 0.920 bits per heavy atom. The lowest BCUT2D eigenvalue weighted by molar-refractivity contribution is 0.102. The van der Waals surface area contributed by atoms with Gasteiger partial charge in [0.05, 0.1) is 0 Å². The summed E-state index contributed by atoms with van der Waals surface area (Å²) < 4.78 is 0. The maximum atomic E-state index is 12.6. The lowest BCUT2D eigenvalue weighted by Gasteiger charge is -2.11. The summed E-state index contributed by atoms with van der Waals surface area (Å²) in [5, 5.41) is 6.05. The molecule has 0 saturated carbocycles. The zero-order valence-electron chi connectivity index (χ0n) is 14.5. The summed E-state index contributed by atoms with van der Waals surface area (Å²) in [7, 11) is 0. The minimum Gasteiger partial charge on any atom is -0.324 e. The lowest BCUT2D eigenvalue weighted by Crippen LogP contribution is -2.16. The smallest absolute Gasteiger partial charge is 0.274 e. The Bertz CT molecular complexity index is 907.